The van der Waals surface area contributed by atoms with E-state index in [1.54, 1.807) is 6.20 Å². The lowest BCUT2D eigenvalue weighted by Crippen LogP contribution is -2.37. The van der Waals surface area contributed by atoms with E-state index in [0.717, 1.165) is 29.6 Å². The van der Waals surface area contributed by atoms with E-state index in [1.165, 1.54) is 0 Å². The Morgan fingerprint density at radius 1 is 1.45 bits per heavy atom. The third-order valence-electron chi connectivity index (χ3n) is 4.05. The van der Waals surface area contributed by atoms with Crippen LogP contribution in [0.3, 0.4) is 0 Å². The van der Waals surface area contributed by atoms with Gasteiger partial charge in [-0.2, -0.15) is 5.10 Å². The molecule has 0 spiro atoms. The average molecular weight is 301 g/mol. The normalized spacial score (nSPS) is 16.2. The SMILES string of the molecule is CC(CN)NC(=O)c1cc(C2CC2)nc2c1cnn2C(C)C. The second-order valence-corrected chi connectivity index (χ2v) is 6.40. The molecule has 6 nitrogen and oxygen atoms in total. The summed E-state index contributed by atoms with van der Waals surface area (Å²) in [5.41, 5.74) is 8.05. The minimum Gasteiger partial charge on any atom is -0.348 e. The Balaban J connectivity index is 2.09. The first-order valence-electron chi connectivity index (χ1n) is 7.90. The predicted octanol–water partition coefficient (Wildman–Crippen LogP) is 1.97. The zero-order chi connectivity index (χ0) is 15.9. The monoisotopic (exact) mass is 301 g/mol. The number of hydrogen-bond acceptors (Lipinski definition) is 4. The number of carbonyl (C=O) groups is 1. The van der Waals surface area contributed by atoms with Gasteiger partial charge in [0, 0.05) is 30.2 Å². The first kappa shape index (κ1) is 15.0. The molecular weight excluding hydrogens is 278 g/mol. The average Bonchev–Trinajstić information content (AvgIpc) is 3.25. The van der Waals surface area contributed by atoms with Crippen molar-refractivity contribution in [3.63, 3.8) is 0 Å². The van der Waals surface area contributed by atoms with E-state index in [0.29, 0.717) is 18.0 Å². The van der Waals surface area contributed by atoms with Crippen LogP contribution in [0.5, 0.6) is 0 Å². The van der Waals surface area contributed by atoms with Crippen molar-refractivity contribution in [2.45, 2.75) is 51.6 Å². The topological polar surface area (TPSA) is 85.8 Å². The van der Waals surface area contributed by atoms with Gasteiger partial charge in [0.25, 0.3) is 5.91 Å². The minimum absolute atomic E-state index is 0.0553. The fourth-order valence-electron chi connectivity index (χ4n) is 2.55. The van der Waals surface area contributed by atoms with Gasteiger partial charge in [-0.15, -0.1) is 0 Å². The smallest absolute Gasteiger partial charge is 0.252 e. The molecule has 0 bridgehead atoms. The molecule has 6 heteroatoms. The zero-order valence-corrected chi connectivity index (χ0v) is 13.3. The van der Waals surface area contributed by atoms with Crippen LogP contribution in [0.25, 0.3) is 11.0 Å². The minimum atomic E-state index is -0.101. The summed E-state index contributed by atoms with van der Waals surface area (Å²) in [4.78, 5) is 17.3. The number of pyridine rings is 1. The Morgan fingerprint density at radius 2 is 2.18 bits per heavy atom. The number of rotatable bonds is 5. The highest BCUT2D eigenvalue weighted by Gasteiger charge is 2.28. The third kappa shape index (κ3) is 2.70. The molecule has 1 fully saturated rings. The standard InChI is InChI=1S/C16H23N5O/c1-9(2)21-15-13(8-18-21)12(16(22)19-10(3)7-17)6-14(20-15)11-4-5-11/h6,8-11H,4-5,7,17H2,1-3H3,(H,19,22). The number of fused-ring (bicyclic) bond motifs is 1. The second-order valence-electron chi connectivity index (χ2n) is 6.40. The van der Waals surface area contributed by atoms with E-state index in [1.807, 2.05) is 17.7 Å². The van der Waals surface area contributed by atoms with Gasteiger partial charge in [-0.1, -0.05) is 0 Å². The number of nitrogens with zero attached hydrogens (tertiary/aromatic N) is 3. The Hall–Kier alpha value is -1.95. The quantitative estimate of drug-likeness (QED) is 0.884. The van der Waals surface area contributed by atoms with Crippen LogP contribution in [0.15, 0.2) is 12.3 Å². The molecule has 1 aliphatic rings. The molecule has 3 rings (SSSR count). The highest BCUT2D eigenvalue weighted by Crippen LogP contribution is 2.40. The summed E-state index contributed by atoms with van der Waals surface area (Å²) >= 11 is 0. The van der Waals surface area contributed by atoms with Crippen LogP contribution in [-0.2, 0) is 0 Å². The molecule has 1 saturated carbocycles. The molecule has 1 unspecified atom stereocenters. The molecule has 2 aromatic heterocycles. The van der Waals surface area contributed by atoms with E-state index in [2.05, 4.69) is 24.3 Å². The summed E-state index contributed by atoms with van der Waals surface area (Å²) in [5.74, 6) is 0.383. The molecule has 0 radical (unpaired) electrons. The van der Waals surface area contributed by atoms with E-state index in [4.69, 9.17) is 10.7 Å². The van der Waals surface area contributed by atoms with E-state index < -0.39 is 0 Å². The number of hydrogen-bond donors (Lipinski definition) is 2. The molecule has 2 aromatic rings. The van der Waals surface area contributed by atoms with Crippen molar-refractivity contribution in [3.8, 4) is 0 Å². The number of nitrogens with two attached hydrogens (primary N) is 1. The van der Waals surface area contributed by atoms with Crippen molar-refractivity contribution in [1.29, 1.82) is 0 Å². The maximum Gasteiger partial charge on any atom is 0.252 e. The lowest BCUT2D eigenvalue weighted by molar-refractivity contribution is 0.0943. The molecule has 0 aromatic carbocycles. The van der Waals surface area contributed by atoms with E-state index in [9.17, 15) is 4.79 Å². The highest BCUT2D eigenvalue weighted by molar-refractivity contribution is 6.05. The van der Waals surface area contributed by atoms with Gasteiger partial charge in [0.2, 0.25) is 0 Å². The van der Waals surface area contributed by atoms with Crippen LogP contribution in [-0.4, -0.2) is 33.3 Å². The molecule has 118 valence electrons. The fraction of sp³-hybridized carbons (Fsp3) is 0.562. The van der Waals surface area contributed by atoms with E-state index >= 15 is 0 Å². The molecular formula is C16H23N5O. The van der Waals surface area contributed by atoms with E-state index in [-0.39, 0.29) is 18.0 Å². The van der Waals surface area contributed by atoms with Gasteiger partial charge in [0.15, 0.2) is 5.65 Å². The Bertz CT molecular complexity index is 702. The summed E-state index contributed by atoms with van der Waals surface area (Å²) in [6, 6.07) is 2.07. The summed E-state index contributed by atoms with van der Waals surface area (Å²) < 4.78 is 1.88. The number of carbonyl (C=O) groups excluding carboxylic acids is 1. The van der Waals surface area contributed by atoms with Crippen LogP contribution in [0, 0.1) is 0 Å². The second kappa shape index (κ2) is 5.68. The maximum atomic E-state index is 12.6. The van der Waals surface area contributed by atoms with Crippen molar-refractivity contribution in [2.24, 2.45) is 5.73 Å². The van der Waals surface area contributed by atoms with Crippen LogP contribution >= 0.6 is 0 Å². The van der Waals surface area contributed by atoms with Gasteiger partial charge in [-0.25, -0.2) is 9.67 Å². The molecule has 1 aliphatic carbocycles. The third-order valence-corrected chi connectivity index (χ3v) is 4.05. The Labute approximate surface area is 130 Å². The zero-order valence-electron chi connectivity index (χ0n) is 13.3. The van der Waals surface area contributed by atoms with Crippen molar-refractivity contribution in [1.82, 2.24) is 20.1 Å². The molecule has 0 aliphatic heterocycles. The Kier molecular flexibility index (Phi) is 3.87. The van der Waals surface area contributed by atoms with Crippen LogP contribution in [0.4, 0.5) is 0 Å². The predicted molar refractivity (Wildman–Crippen MR) is 85.9 cm³/mol. The van der Waals surface area contributed by atoms with Gasteiger partial charge < -0.3 is 11.1 Å². The van der Waals surface area contributed by atoms with Crippen molar-refractivity contribution < 1.29 is 4.79 Å². The first-order chi connectivity index (χ1) is 10.5. The number of aromatic nitrogens is 3. The summed E-state index contributed by atoms with van der Waals surface area (Å²) in [7, 11) is 0. The van der Waals surface area contributed by atoms with Gasteiger partial charge in [-0.05, 0) is 39.7 Å². The maximum absolute atomic E-state index is 12.6. The lowest BCUT2D eigenvalue weighted by atomic mass is 10.1. The summed E-state index contributed by atoms with van der Waals surface area (Å²) in [5, 5.41) is 8.15. The largest absolute Gasteiger partial charge is 0.348 e. The van der Waals surface area contributed by atoms with Gasteiger partial charge >= 0.3 is 0 Å². The summed E-state index contributed by atoms with van der Waals surface area (Å²) in [6.07, 6.45) is 4.03. The molecule has 1 amide bonds. The van der Waals surface area contributed by atoms with Crippen molar-refractivity contribution in [2.75, 3.05) is 6.54 Å². The summed E-state index contributed by atoms with van der Waals surface area (Å²) in [6.45, 7) is 6.44. The van der Waals surface area contributed by atoms with Gasteiger partial charge in [-0.3, -0.25) is 4.79 Å². The van der Waals surface area contributed by atoms with Crippen LogP contribution in [0.2, 0.25) is 0 Å². The van der Waals surface area contributed by atoms with Gasteiger partial charge in [0.1, 0.15) is 0 Å². The molecule has 0 saturated heterocycles. The lowest BCUT2D eigenvalue weighted by Gasteiger charge is -2.13. The van der Waals surface area contributed by atoms with Gasteiger partial charge in [0.05, 0.1) is 17.1 Å². The van der Waals surface area contributed by atoms with Crippen LogP contribution in [0.1, 0.15) is 61.6 Å². The molecule has 3 N–H and O–H groups in total. The molecule has 2 heterocycles. The van der Waals surface area contributed by atoms with Crippen LogP contribution < -0.4 is 11.1 Å². The number of nitrogens with one attached hydrogen (secondary N) is 1. The van der Waals surface area contributed by atoms with Crippen molar-refractivity contribution >= 4 is 16.9 Å². The Morgan fingerprint density at radius 3 is 2.77 bits per heavy atom. The highest BCUT2D eigenvalue weighted by atomic mass is 16.1. The van der Waals surface area contributed by atoms with Crippen molar-refractivity contribution in [3.05, 3.63) is 23.5 Å². The fourth-order valence-corrected chi connectivity index (χ4v) is 2.55. The molecule has 1 atom stereocenters. The molecule has 22 heavy (non-hydrogen) atoms. The number of amides is 1. The first-order valence-corrected chi connectivity index (χ1v) is 7.90.